The van der Waals surface area contributed by atoms with Crippen molar-refractivity contribution in [2.45, 2.75) is 13.5 Å². The van der Waals surface area contributed by atoms with Gasteiger partial charge in [-0.3, -0.25) is 9.67 Å². The number of pyridine rings is 2. The fourth-order valence-corrected chi connectivity index (χ4v) is 3.79. The average molecular weight is 309 g/mol. The summed E-state index contributed by atoms with van der Waals surface area (Å²) >= 11 is 1.69. The van der Waals surface area contributed by atoms with Gasteiger partial charge in [-0.2, -0.15) is 5.10 Å². The van der Waals surface area contributed by atoms with Crippen LogP contribution in [0.3, 0.4) is 0 Å². The molecule has 4 rings (SSSR count). The van der Waals surface area contributed by atoms with Crippen molar-refractivity contribution < 1.29 is 0 Å². The van der Waals surface area contributed by atoms with Crippen molar-refractivity contribution in [3.8, 4) is 0 Å². The van der Waals surface area contributed by atoms with Crippen LogP contribution in [-0.4, -0.2) is 19.7 Å². The number of anilines is 1. The predicted octanol–water partition coefficient (Wildman–Crippen LogP) is 3.50. The number of nitrogens with one attached hydrogen (secondary N) is 1. The summed E-state index contributed by atoms with van der Waals surface area (Å²) in [7, 11) is 1.98. The lowest BCUT2D eigenvalue weighted by atomic mass is 10.2. The zero-order valence-electron chi connectivity index (χ0n) is 12.4. The van der Waals surface area contributed by atoms with Crippen molar-refractivity contribution in [1.29, 1.82) is 0 Å². The molecule has 4 heterocycles. The molecule has 0 aliphatic carbocycles. The van der Waals surface area contributed by atoms with Crippen LogP contribution in [0.2, 0.25) is 0 Å². The highest BCUT2D eigenvalue weighted by atomic mass is 32.1. The highest BCUT2D eigenvalue weighted by molar-refractivity contribution is 7.26. The van der Waals surface area contributed by atoms with Gasteiger partial charge in [-0.15, -0.1) is 11.3 Å². The summed E-state index contributed by atoms with van der Waals surface area (Å²) in [5, 5.41) is 9.20. The first-order chi connectivity index (χ1) is 10.7. The molecule has 0 amide bonds. The second-order valence-electron chi connectivity index (χ2n) is 5.27. The Bertz CT molecular complexity index is 955. The van der Waals surface area contributed by atoms with Gasteiger partial charge in [-0.1, -0.05) is 0 Å². The van der Waals surface area contributed by atoms with Gasteiger partial charge < -0.3 is 5.32 Å². The Balaban J connectivity index is 1.76. The van der Waals surface area contributed by atoms with Crippen molar-refractivity contribution in [2.75, 3.05) is 5.32 Å². The number of hydrogen-bond acceptors (Lipinski definition) is 5. The molecule has 110 valence electrons. The number of nitrogens with zero attached hydrogens (tertiary/aromatic N) is 4. The molecule has 0 atom stereocenters. The highest BCUT2D eigenvalue weighted by Crippen LogP contribution is 2.37. The average Bonchev–Trinajstić information content (AvgIpc) is 3.04. The number of aromatic nitrogens is 4. The van der Waals surface area contributed by atoms with Gasteiger partial charge >= 0.3 is 0 Å². The minimum atomic E-state index is 0.731. The van der Waals surface area contributed by atoms with Crippen LogP contribution in [0.4, 0.5) is 5.82 Å². The van der Waals surface area contributed by atoms with Crippen molar-refractivity contribution >= 4 is 37.6 Å². The zero-order chi connectivity index (χ0) is 15.1. The van der Waals surface area contributed by atoms with Crippen molar-refractivity contribution in [3.05, 3.63) is 47.9 Å². The van der Waals surface area contributed by atoms with Crippen LogP contribution in [-0.2, 0) is 13.6 Å². The van der Waals surface area contributed by atoms with Gasteiger partial charge in [0.15, 0.2) is 5.82 Å². The molecule has 0 spiro atoms. The predicted molar refractivity (Wildman–Crippen MR) is 90.2 cm³/mol. The van der Waals surface area contributed by atoms with E-state index in [0.717, 1.165) is 38.5 Å². The fraction of sp³-hybridized carbons (Fsp3) is 0.188. The molecule has 4 aromatic heterocycles. The molecule has 1 N–H and O–H groups in total. The van der Waals surface area contributed by atoms with Crippen LogP contribution >= 0.6 is 11.3 Å². The zero-order valence-corrected chi connectivity index (χ0v) is 13.2. The van der Waals surface area contributed by atoms with E-state index in [1.54, 1.807) is 23.7 Å². The molecule has 6 heteroatoms. The van der Waals surface area contributed by atoms with E-state index in [2.05, 4.69) is 26.4 Å². The molecule has 5 nitrogen and oxygen atoms in total. The summed E-state index contributed by atoms with van der Waals surface area (Å²) in [6, 6.07) is 8.18. The molecule has 0 fully saturated rings. The lowest BCUT2D eigenvalue weighted by Gasteiger charge is -2.02. The largest absolute Gasteiger partial charge is 0.363 e. The number of rotatable bonds is 3. The van der Waals surface area contributed by atoms with E-state index < -0.39 is 0 Å². The summed E-state index contributed by atoms with van der Waals surface area (Å²) in [5.74, 6) is 0.912. The SMILES string of the molecule is Cc1ccc2c(n1)sc1c(NCc3ccncc3)nn(C)c12. The molecule has 0 unspecified atom stereocenters. The van der Waals surface area contributed by atoms with Gasteiger partial charge in [0.2, 0.25) is 0 Å². The lowest BCUT2D eigenvalue weighted by Crippen LogP contribution is -2.01. The van der Waals surface area contributed by atoms with Gasteiger partial charge in [0, 0.05) is 37.1 Å². The minimum Gasteiger partial charge on any atom is -0.363 e. The molecule has 0 saturated carbocycles. The Labute approximate surface area is 131 Å². The number of thiophene rings is 1. The Morgan fingerprint density at radius 1 is 1.18 bits per heavy atom. The molecule has 0 aromatic carbocycles. The van der Waals surface area contributed by atoms with Crippen molar-refractivity contribution in [1.82, 2.24) is 19.7 Å². The Morgan fingerprint density at radius 3 is 2.82 bits per heavy atom. The van der Waals surface area contributed by atoms with E-state index >= 15 is 0 Å². The van der Waals surface area contributed by atoms with Gasteiger partial charge in [-0.25, -0.2) is 4.98 Å². The number of hydrogen-bond donors (Lipinski definition) is 1. The Morgan fingerprint density at radius 2 is 2.00 bits per heavy atom. The van der Waals surface area contributed by atoms with Crippen LogP contribution in [0.1, 0.15) is 11.3 Å². The second kappa shape index (κ2) is 5.06. The normalized spacial score (nSPS) is 11.4. The first kappa shape index (κ1) is 13.2. The maximum Gasteiger partial charge on any atom is 0.166 e. The standard InChI is InChI=1S/C16H15N5S/c1-10-3-4-12-13-14(22-16(12)19-10)15(20-21(13)2)18-9-11-5-7-17-8-6-11/h3-8H,9H2,1-2H3,(H,18,20). The van der Waals surface area contributed by atoms with E-state index in [9.17, 15) is 0 Å². The molecule has 0 aliphatic rings. The fourth-order valence-electron chi connectivity index (χ4n) is 2.59. The summed E-state index contributed by atoms with van der Waals surface area (Å²) < 4.78 is 3.09. The maximum absolute atomic E-state index is 4.63. The van der Waals surface area contributed by atoms with Gasteiger partial charge in [-0.05, 0) is 36.8 Å². The molecular formula is C16H15N5S. The summed E-state index contributed by atoms with van der Waals surface area (Å²) in [5.41, 5.74) is 3.37. The first-order valence-corrected chi connectivity index (χ1v) is 7.89. The first-order valence-electron chi connectivity index (χ1n) is 7.08. The molecule has 0 radical (unpaired) electrons. The summed E-state index contributed by atoms with van der Waals surface area (Å²) in [6.07, 6.45) is 3.61. The van der Waals surface area contributed by atoms with E-state index in [1.165, 1.54) is 5.56 Å². The monoisotopic (exact) mass is 309 g/mol. The minimum absolute atomic E-state index is 0.731. The van der Waals surface area contributed by atoms with Crippen LogP contribution in [0.15, 0.2) is 36.7 Å². The topological polar surface area (TPSA) is 55.6 Å². The van der Waals surface area contributed by atoms with Crippen LogP contribution in [0.5, 0.6) is 0 Å². The maximum atomic E-state index is 4.63. The van der Waals surface area contributed by atoms with Gasteiger partial charge in [0.05, 0.1) is 10.2 Å². The molecule has 22 heavy (non-hydrogen) atoms. The smallest absolute Gasteiger partial charge is 0.166 e. The van der Waals surface area contributed by atoms with Crippen molar-refractivity contribution in [2.24, 2.45) is 7.05 Å². The van der Waals surface area contributed by atoms with E-state index in [1.807, 2.05) is 36.9 Å². The quantitative estimate of drug-likeness (QED) is 0.629. The number of fused-ring (bicyclic) bond motifs is 3. The van der Waals surface area contributed by atoms with Crippen LogP contribution in [0, 0.1) is 6.92 Å². The molecular weight excluding hydrogens is 294 g/mol. The molecule has 0 saturated heterocycles. The van der Waals surface area contributed by atoms with E-state index in [4.69, 9.17) is 0 Å². The lowest BCUT2D eigenvalue weighted by molar-refractivity contribution is 0.799. The second-order valence-corrected chi connectivity index (χ2v) is 6.27. The summed E-state index contributed by atoms with van der Waals surface area (Å²) in [4.78, 5) is 9.73. The van der Waals surface area contributed by atoms with E-state index in [0.29, 0.717) is 0 Å². The van der Waals surface area contributed by atoms with Gasteiger partial charge in [0.25, 0.3) is 0 Å². The third-order valence-corrected chi connectivity index (χ3v) is 4.76. The Hall–Kier alpha value is -2.47. The summed E-state index contributed by atoms with van der Waals surface area (Å²) in [6.45, 7) is 2.75. The molecule has 0 aliphatic heterocycles. The third-order valence-electron chi connectivity index (χ3n) is 3.67. The van der Waals surface area contributed by atoms with E-state index in [-0.39, 0.29) is 0 Å². The number of aryl methyl sites for hydroxylation is 2. The molecule has 4 aromatic rings. The Kier molecular flexibility index (Phi) is 3.04. The van der Waals surface area contributed by atoms with Crippen LogP contribution < -0.4 is 5.32 Å². The highest BCUT2D eigenvalue weighted by Gasteiger charge is 2.15. The molecule has 0 bridgehead atoms. The third kappa shape index (κ3) is 2.12. The van der Waals surface area contributed by atoms with Gasteiger partial charge in [0.1, 0.15) is 4.83 Å². The van der Waals surface area contributed by atoms with Crippen molar-refractivity contribution in [3.63, 3.8) is 0 Å². The van der Waals surface area contributed by atoms with Crippen LogP contribution in [0.25, 0.3) is 20.4 Å².